The molecule has 34 heavy (non-hydrogen) atoms. The zero-order chi connectivity index (χ0) is 24.5. The first-order valence-electron chi connectivity index (χ1n) is 10.9. The van der Waals surface area contributed by atoms with Gasteiger partial charge in [0.05, 0.1) is 50.9 Å². The maximum absolute atomic E-state index is 12.8. The molecule has 0 aliphatic rings. The molecule has 0 aliphatic heterocycles. The van der Waals surface area contributed by atoms with E-state index >= 15 is 0 Å². The highest BCUT2D eigenvalue weighted by molar-refractivity contribution is 7.13. The van der Waals surface area contributed by atoms with Crippen LogP contribution in [0.15, 0.2) is 35.7 Å². The summed E-state index contributed by atoms with van der Waals surface area (Å²) in [5.41, 5.74) is 1.77. The quantitative estimate of drug-likeness (QED) is 0.315. The number of methoxy groups -OCH3 is 2. The van der Waals surface area contributed by atoms with Crippen molar-refractivity contribution in [2.45, 2.75) is 27.4 Å². The summed E-state index contributed by atoms with van der Waals surface area (Å²) in [5, 5.41) is 2.60. The zero-order valence-corrected chi connectivity index (χ0v) is 20.8. The second-order valence-corrected chi connectivity index (χ2v) is 7.75. The minimum atomic E-state index is -0.512. The maximum atomic E-state index is 12.8. The SMILES string of the molecule is CCOc1cc(C(=O)OCc2csc(-c3ccc(OC)cc3OC)n2)cc(OCC)c1OCC. The van der Waals surface area contributed by atoms with Crippen LogP contribution in [0.5, 0.6) is 28.7 Å². The van der Waals surface area contributed by atoms with Crippen LogP contribution < -0.4 is 23.7 Å². The van der Waals surface area contributed by atoms with Gasteiger partial charge in [-0.25, -0.2) is 9.78 Å². The van der Waals surface area contributed by atoms with Crippen molar-refractivity contribution in [3.63, 3.8) is 0 Å². The lowest BCUT2D eigenvalue weighted by Crippen LogP contribution is -2.09. The van der Waals surface area contributed by atoms with Crippen LogP contribution in [-0.4, -0.2) is 45.0 Å². The van der Waals surface area contributed by atoms with Crippen molar-refractivity contribution in [3.05, 3.63) is 47.0 Å². The summed E-state index contributed by atoms with van der Waals surface area (Å²) in [6.07, 6.45) is 0. The molecule has 0 spiro atoms. The summed E-state index contributed by atoms with van der Waals surface area (Å²) in [4.78, 5) is 17.4. The van der Waals surface area contributed by atoms with Gasteiger partial charge < -0.3 is 28.4 Å². The number of carbonyl (C=O) groups excluding carboxylic acids is 1. The molecule has 0 unspecified atom stereocenters. The van der Waals surface area contributed by atoms with Gasteiger partial charge in [0.25, 0.3) is 0 Å². The fraction of sp³-hybridized carbons (Fsp3) is 0.360. The minimum Gasteiger partial charge on any atom is -0.497 e. The van der Waals surface area contributed by atoms with E-state index < -0.39 is 5.97 Å². The summed E-state index contributed by atoms with van der Waals surface area (Å²) in [5.74, 6) is 2.18. The lowest BCUT2D eigenvalue weighted by Gasteiger charge is -2.16. The number of esters is 1. The maximum Gasteiger partial charge on any atom is 0.338 e. The molecule has 0 amide bonds. The van der Waals surface area contributed by atoms with Crippen molar-refractivity contribution in [1.82, 2.24) is 4.98 Å². The number of rotatable bonds is 12. The van der Waals surface area contributed by atoms with E-state index in [0.717, 1.165) is 10.6 Å². The van der Waals surface area contributed by atoms with Crippen molar-refractivity contribution in [2.24, 2.45) is 0 Å². The molecular weight excluding hydrogens is 458 g/mol. The first kappa shape index (κ1) is 25.2. The van der Waals surface area contributed by atoms with Gasteiger partial charge in [-0.3, -0.25) is 0 Å². The van der Waals surface area contributed by atoms with E-state index in [0.29, 0.717) is 59.8 Å². The Morgan fingerprint density at radius 3 is 2.15 bits per heavy atom. The smallest absolute Gasteiger partial charge is 0.338 e. The van der Waals surface area contributed by atoms with Crippen molar-refractivity contribution in [3.8, 4) is 39.3 Å². The van der Waals surface area contributed by atoms with Gasteiger partial charge in [0.1, 0.15) is 23.1 Å². The van der Waals surface area contributed by atoms with E-state index in [1.807, 2.05) is 38.3 Å². The topological polar surface area (TPSA) is 85.3 Å². The Bertz CT molecular complexity index is 1090. The molecule has 0 aliphatic carbocycles. The van der Waals surface area contributed by atoms with Gasteiger partial charge in [0.2, 0.25) is 5.75 Å². The van der Waals surface area contributed by atoms with Crippen LogP contribution in [0.2, 0.25) is 0 Å². The molecule has 0 fully saturated rings. The third-order valence-corrected chi connectivity index (χ3v) is 5.61. The lowest BCUT2D eigenvalue weighted by molar-refractivity contribution is 0.0467. The van der Waals surface area contributed by atoms with Crippen LogP contribution in [0.25, 0.3) is 10.6 Å². The first-order chi connectivity index (χ1) is 16.5. The van der Waals surface area contributed by atoms with Gasteiger partial charge in [0, 0.05) is 11.4 Å². The first-order valence-corrected chi connectivity index (χ1v) is 11.8. The normalized spacial score (nSPS) is 10.5. The number of nitrogens with zero attached hydrogens (tertiary/aromatic N) is 1. The third kappa shape index (κ3) is 5.91. The molecular formula is C25H29NO7S. The van der Waals surface area contributed by atoms with Crippen LogP contribution in [0, 0.1) is 0 Å². The van der Waals surface area contributed by atoms with Crippen LogP contribution >= 0.6 is 11.3 Å². The summed E-state index contributed by atoms with van der Waals surface area (Å²) in [6.45, 7) is 6.89. The molecule has 0 saturated heterocycles. The summed E-state index contributed by atoms with van der Waals surface area (Å²) in [7, 11) is 3.20. The second-order valence-electron chi connectivity index (χ2n) is 6.89. The summed E-state index contributed by atoms with van der Waals surface area (Å²) in [6, 6.07) is 8.74. The van der Waals surface area contributed by atoms with Gasteiger partial charge in [-0.05, 0) is 45.0 Å². The molecule has 1 heterocycles. The highest BCUT2D eigenvalue weighted by Gasteiger charge is 2.20. The molecule has 0 atom stereocenters. The predicted molar refractivity (Wildman–Crippen MR) is 130 cm³/mol. The van der Waals surface area contributed by atoms with Gasteiger partial charge in [-0.1, -0.05) is 0 Å². The molecule has 182 valence electrons. The van der Waals surface area contributed by atoms with Crippen molar-refractivity contribution in [2.75, 3.05) is 34.0 Å². The molecule has 0 radical (unpaired) electrons. The van der Waals surface area contributed by atoms with Gasteiger partial charge >= 0.3 is 5.97 Å². The molecule has 1 aromatic heterocycles. The monoisotopic (exact) mass is 487 g/mol. The number of benzene rings is 2. The molecule has 3 rings (SSSR count). The van der Waals surface area contributed by atoms with Crippen LogP contribution in [-0.2, 0) is 11.3 Å². The largest absolute Gasteiger partial charge is 0.497 e. The van der Waals surface area contributed by atoms with Crippen LogP contribution in [0.4, 0.5) is 0 Å². The number of ether oxygens (including phenoxy) is 6. The van der Waals surface area contributed by atoms with Crippen molar-refractivity contribution >= 4 is 17.3 Å². The molecule has 2 aromatic carbocycles. The molecule has 3 aromatic rings. The molecule has 0 N–H and O–H groups in total. The highest BCUT2D eigenvalue weighted by Crippen LogP contribution is 2.39. The van der Waals surface area contributed by atoms with Crippen molar-refractivity contribution in [1.29, 1.82) is 0 Å². The Hall–Kier alpha value is -3.46. The van der Waals surface area contributed by atoms with E-state index in [2.05, 4.69) is 4.98 Å². The number of carbonyl (C=O) groups is 1. The predicted octanol–water partition coefficient (Wildman–Crippen LogP) is 5.38. The van der Waals surface area contributed by atoms with Gasteiger partial charge in [-0.15, -0.1) is 11.3 Å². The Kier molecular flexibility index (Phi) is 8.98. The van der Waals surface area contributed by atoms with Crippen LogP contribution in [0.3, 0.4) is 0 Å². The van der Waals surface area contributed by atoms with E-state index in [9.17, 15) is 4.79 Å². The molecule has 0 saturated carbocycles. The Morgan fingerprint density at radius 1 is 0.882 bits per heavy atom. The zero-order valence-electron chi connectivity index (χ0n) is 20.0. The average Bonchev–Trinajstić information content (AvgIpc) is 3.33. The van der Waals surface area contributed by atoms with E-state index in [-0.39, 0.29) is 6.61 Å². The fourth-order valence-corrected chi connectivity index (χ4v) is 4.04. The van der Waals surface area contributed by atoms with Crippen LogP contribution in [0.1, 0.15) is 36.8 Å². The Morgan fingerprint density at radius 2 is 1.56 bits per heavy atom. The third-order valence-electron chi connectivity index (χ3n) is 4.69. The van der Waals surface area contributed by atoms with E-state index in [4.69, 9.17) is 28.4 Å². The second kappa shape index (κ2) is 12.1. The molecule has 9 heteroatoms. The number of thiazole rings is 1. The Balaban J connectivity index is 1.77. The molecule has 0 bridgehead atoms. The minimum absolute atomic E-state index is 0.0228. The summed E-state index contributed by atoms with van der Waals surface area (Å²) < 4.78 is 33.3. The lowest BCUT2D eigenvalue weighted by atomic mass is 10.2. The average molecular weight is 488 g/mol. The highest BCUT2D eigenvalue weighted by atomic mass is 32.1. The fourth-order valence-electron chi connectivity index (χ4n) is 3.20. The van der Waals surface area contributed by atoms with Gasteiger partial charge in [-0.2, -0.15) is 0 Å². The Labute approximate surface area is 203 Å². The number of hydrogen-bond donors (Lipinski definition) is 0. The summed E-state index contributed by atoms with van der Waals surface area (Å²) >= 11 is 1.44. The van der Waals surface area contributed by atoms with E-state index in [1.54, 1.807) is 32.4 Å². The standard InChI is InChI=1S/C25H29NO7S/c1-6-30-21-11-16(12-22(31-7-2)23(21)32-8-3)25(27)33-14-17-15-34-24(26-17)19-10-9-18(28-4)13-20(19)29-5/h9-13,15H,6-8,14H2,1-5H3. The molecule has 8 nitrogen and oxygen atoms in total. The van der Waals surface area contributed by atoms with Gasteiger partial charge in [0.15, 0.2) is 11.5 Å². The van der Waals surface area contributed by atoms with E-state index in [1.165, 1.54) is 11.3 Å². The number of hydrogen-bond acceptors (Lipinski definition) is 9. The van der Waals surface area contributed by atoms with Crippen molar-refractivity contribution < 1.29 is 33.2 Å². The number of aromatic nitrogens is 1.